The van der Waals surface area contributed by atoms with Gasteiger partial charge in [-0.05, 0) is 88.7 Å². The van der Waals surface area contributed by atoms with Crippen molar-refractivity contribution in [1.82, 2.24) is 15.2 Å². The molecule has 55 heavy (non-hydrogen) atoms. The number of unbranched alkanes of at least 4 members (excludes halogenated alkanes) is 1. The van der Waals surface area contributed by atoms with E-state index in [1.807, 2.05) is 33.8 Å². The fourth-order valence-corrected chi connectivity index (χ4v) is 8.00. The van der Waals surface area contributed by atoms with Crippen molar-refractivity contribution < 1.29 is 23.4 Å². The van der Waals surface area contributed by atoms with Crippen LogP contribution in [0.25, 0.3) is 21.3 Å². The number of ether oxygens (including phenoxy) is 2. The molecule has 0 amide bonds. The maximum absolute atomic E-state index is 16.8. The third-order valence-electron chi connectivity index (χ3n) is 9.31. The summed E-state index contributed by atoms with van der Waals surface area (Å²) in [6.07, 6.45) is 17.3. The third kappa shape index (κ3) is 10.5. The summed E-state index contributed by atoms with van der Waals surface area (Å²) >= 11 is 0.946. The fourth-order valence-electron chi connectivity index (χ4n) is 7.08. The molecule has 2 fully saturated rings. The number of hydrogen-bond donors (Lipinski definition) is 4. The molecular weight excluding hydrogens is 721 g/mol. The van der Waals surface area contributed by atoms with Gasteiger partial charge in [-0.15, -0.1) is 24.2 Å². The topological polar surface area (TPSA) is 153 Å². The van der Waals surface area contributed by atoms with E-state index in [4.69, 9.17) is 30.7 Å². The molecule has 3 aromatic rings. The Hall–Kier alpha value is -4.40. The smallest absolute Gasteiger partial charge is 0.188 e. The van der Waals surface area contributed by atoms with Crippen LogP contribution < -0.4 is 11.1 Å². The minimum Gasteiger partial charge on any atom is -0.477 e. The summed E-state index contributed by atoms with van der Waals surface area (Å²) in [6.45, 7) is 18.5. The van der Waals surface area contributed by atoms with E-state index in [0.29, 0.717) is 40.7 Å². The normalized spacial score (nSPS) is 15.4. The molecule has 0 atom stereocenters. The molecule has 3 aliphatic rings. The predicted molar refractivity (Wildman–Crippen MR) is 222 cm³/mol. The van der Waals surface area contributed by atoms with Crippen LogP contribution in [0.3, 0.4) is 0 Å². The first-order valence-electron chi connectivity index (χ1n) is 19.2. The molecule has 5 N–H and O–H groups in total. The Balaban J connectivity index is 0.00000108. The van der Waals surface area contributed by atoms with E-state index in [1.54, 1.807) is 20.8 Å². The molecule has 6 rings (SSSR count). The number of hydrogen-bond acceptors (Lipinski definition) is 10. The Morgan fingerprint density at radius 3 is 2.40 bits per heavy atom. The molecule has 13 heteroatoms. The minimum atomic E-state index is -0.622. The summed E-state index contributed by atoms with van der Waals surface area (Å²) in [7, 11) is 0. The number of aliphatic imine (C=N–C) groups is 1. The lowest BCUT2D eigenvalue weighted by atomic mass is 9.89. The van der Waals surface area contributed by atoms with E-state index in [2.05, 4.69) is 41.0 Å². The van der Waals surface area contributed by atoms with Gasteiger partial charge in [0.1, 0.15) is 29.3 Å². The van der Waals surface area contributed by atoms with Gasteiger partial charge in [0.25, 0.3) is 0 Å². The van der Waals surface area contributed by atoms with Crippen LogP contribution in [-0.4, -0.2) is 64.9 Å². The van der Waals surface area contributed by atoms with Gasteiger partial charge in [-0.1, -0.05) is 41.0 Å². The lowest BCUT2D eigenvalue weighted by Crippen LogP contribution is -2.43. The molecule has 10 nitrogen and oxygen atoms in total. The van der Waals surface area contributed by atoms with E-state index in [0.717, 1.165) is 74.7 Å². The second-order valence-electron chi connectivity index (χ2n) is 12.7. The fraction of sp³-hybridized carbons (Fsp3) is 0.524. The summed E-state index contributed by atoms with van der Waals surface area (Å²) in [4.78, 5) is 11.6. The molecule has 2 aromatic heterocycles. The number of pyridine rings is 1. The van der Waals surface area contributed by atoms with Crippen molar-refractivity contribution in [3.63, 3.8) is 0 Å². The van der Waals surface area contributed by atoms with Gasteiger partial charge in [0.05, 0.1) is 47.5 Å². The lowest BCUT2D eigenvalue weighted by molar-refractivity contribution is 0.0682. The van der Waals surface area contributed by atoms with Crippen molar-refractivity contribution in [2.45, 2.75) is 113 Å². The number of nitrogens with zero attached hydrogens (tertiary/aromatic N) is 4. The van der Waals surface area contributed by atoms with Crippen molar-refractivity contribution in [3.05, 3.63) is 57.6 Å². The van der Waals surface area contributed by atoms with Crippen LogP contribution in [-0.2, 0) is 22.7 Å². The Kier molecular flexibility index (Phi) is 19.4. The van der Waals surface area contributed by atoms with Gasteiger partial charge in [0.15, 0.2) is 11.7 Å². The molecule has 300 valence electrons. The second kappa shape index (κ2) is 22.9. The Morgan fingerprint density at radius 1 is 1.20 bits per heavy atom. The third-order valence-corrected chi connectivity index (χ3v) is 10.3. The molecule has 0 saturated carbocycles. The van der Waals surface area contributed by atoms with Crippen LogP contribution in [0.1, 0.15) is 115 Å². The number of anilines is 1. The molecule has 5 heterocycles. The zero-order chi connectivity index (χ0) is 41.3. The molecule has 0 unspecified atom stereocenters. The Bertz CT molecular complexity index is 1870. The molecule has 1 aromatic carbocycles. The number of nitrogens with one attached hydrogen (secondary N) is 2. The second-order valence-corrected chi connectivity index (χ2v) is 13.8. The van der Waals surface area contributed by atoms with Crippen LogP contribution >= 0.6 is 11.3 Å². The van der Waals surface area contributed by atoms with Gasteiger partial charge in [-0.2, -0.15) is 5.26 Å². The first-order chi connectivity index (χ1) is 26.6. The number of amidine groups is 1. The van der Waals surface area contributed by atoms with Gasteiger partial charge < -0.3 is 31.0 Å². The summed E-state index contributed by atoms with van der Waals surface area (Å²) in [6, 6.07) is 2.05. The number of nitriles is 1. The highest BCUT2D eigenvalue weighted by atomic mass is 32.1. The van der Waals surface area contributed by atoms with Gasteiger partial charge in [-0.3, -0.25) is 14.9 Å². The quantitative estimate of drug-likeness (QED) is 0.0689. The number of halogens is 2. The summed E-state index contributed by atoms with van der Waals surface area (Å²) < 4.78 is 44.2. The van der Waals surface area contributed by atoms with Crippen LogP contribution in [0, 0.1) is 48.1 Å². The Morgan fingerprint density at radius 2 is 1.82 bits per heavy atom. The van der Waals surface area contributed by atoms with Gasteiger partial charge >= 0.3 is 0 Å². The van der Waals surface area contributed by atoms with Crippen molar-refractivity contribution >= 4 is 38.0 Å². The molecule has 0 bridgehead atoms. The largest absolute Gasteiger partial charge is 0.477 e. The molecular formula is C42H59F2N7O3S. The maximum atomic E-state index is 16.8. The van der Waals surface area contributed by atoms with Crippen molar-refractivity contribution in [1.29, 1.82) is 10.7 Å². The van der Waals surface area contributed by atoms with E-state index in [1.165, 1.54) is 0 Å². The number of aromatic nitrogens is 1. The number of nitrogens with two attached hydrogens (primary N) is 1. The highest BCUT2D eigenvalue weighted by Gasteiger charge is 2.45. The van der Waals surface area contributed by atoms with E-state index >= 15 is 4.39 Å². The average molecular weight is 780 g/mol. The zero-order valence-electron chi connectivity index (χ0n) is 33.8. The maximum Gasteiger partial charge on any atom is 0.188 e. The molecule has 0 radical (unpaired) electrons. The number of fused-ring (bicyclic) bond motifs is 3. The van der Waals surface area contributed by atoms with Gasteiger partial charge in [-0.25, -0.2) is 8.78 Å². The van der Waals surface area contributed by atoms with Gasteiger partial charge in [0.2, 0.25) is 0 Å². The van der Waals surface area contributed by atoms with E-state index in [9.17, 15) is 9.65 Å². The first-order valence-corrected chi connectivity index (χ1v) is 20.0. The van der Waals surface area contributed by atoms with Crippen molar-refractivity contribution in [3.8, 4) is 30.2 Å². The number of rotatable bonds is 10. The first kappa shape index (κ1) is 46.8. The molecule has 0 aliphatic carbocycles. The summed E-state index contributed by atoms with van der Waals surface area (Å²) in [5, 5.41) is 29.3. The number of aliphatic hydroxyl groups excluding tert-OH is 1. The van der Waals surface area contributed by atoms with Crippen molar-refractivity contribution in [2.24, 2.45) is 4.99 Å². The monoisotopic (exact) mass is 779 g/mol. The number of terminal acetylenes is 1. The molecule has 3 aliphatic heterocycles. The highest BCUT2D eigenvalue weighted by Crippen LogP contribution is 2.45. The number of nitrogen functional groups attached to an aromatic ring is 1. The number of allylic oxidation sites excluding steroid dienone is 1. The summed E-state index contributed by atoms with van der Waals surface area (Å²) in [5.41, 5.74) is 8.96. The molecule has 0 spiro atoms. The SMILES string of the molecule is C#C.CC.CC.CCC/C=C(/NC(=NCC(C)=N)c1c(C)c(F)c(-c2ncc(F)c3sc(N)c(C#N)c23)c2c1COC2)OCC12CCCN1CCC2.CCO. The predicted octanol–water partition coefficient (Wildman–Crippen LogP) is 9.00. The van der Waals surface area contributed by atoms with Crippen LogP contribution in [0.2, 0.25) is 0 Å². The summed E-state index contributed by atoms with van der Waals surface area (Å²) in [5.74, 6) is -0.243. The highest BCUT2D eigenvalue weighted by molar-refractivity contribution is 7.23. The number of benzene rings is 1. The van der Waals surface area contributed by atoms with Crippen molar-refractivity contribution in [2.75, 3.05) is 38.6 Å². The average Bonchev–Trinajstić information content (AvgIpc) is 3.99. The lowest BCUT2D eigenvalue weighted by Gasteiger charge is -2.32. The van der Waals surface area contributed by atoms with Crippen LogP contribution in [0.15, 0.2) is 23.1 Å². The standard InChI is InChI=1S/C34H39F2N7O2S.C2H6O.2C2H6.C2H2/c1-4-5-8-25(45-18-34-9-6-11-43(34)12-7-10-34)42-33(41-14-19(2)38)26-20(3)29(36)27(23-17-44-16-22(23)26)30-28-21(13-37)32(39)46-31(28)24(35)15-40-30;1-2-3;3*1-2/h8,15,38H,4-7,9-12,14,16-18,39H2,1-3H3,(H,41,42);3H,2H2,1H3;2*1-2H3;1-2H/b25-8-,38-19?;;;;. The molecule has 2 saturated heterocycles. The van der Waals surface area contributed by atoms with E-state index in [-0.39, 0.29) is 63.8 Å². The van der Waals surface area contributed by atoms with Gasteiger partial charge in [0, 0.05) is 28.8 Å². The zero-order valence-corrected chi connectivity index (χ0v) is 34.6. The number of thiophene rings is 1. The minimum absolute atomic E-state index is 0.0371. The Labute approximate surface area is 330 Å². The van der Waals surface area contributed by atoms with Crippen LogP contribution in [0.5, 0.6) is 0 Å². The van der Waals surface area contributed by atoms with E-state index < -0.39 is 11.6 Å². The van der Waals surface area contributed by atoms with Crippen LogP contribution in [0.4, 0.5) is 13.8 Å². The number of aliphatic hydroxyl groups is 1.